The summed E-state index contributed by atoms with van der Waals surface area (Å²) in [5.41, 5.74) is 0. The van der Waals surface area contributed by atoms with E-state index in [0.717, 1.165) is 9.33 Å². The summed E-state index contributed by atoms with van der Waals surface area (Å²) in [6, 6.07) is 3.26. The molecule has 0 spiro atoms. The van der Waals surface area contributed by atoms with Gasteiger partial charge in [0, 0.05) is 31.4 Å². The van der Waals surface area contributed by atoms with Crippen LogP contribution in [0.5, 0.6) is 0 Å². The van der Waals surface area contributed by atoms with E-state index in [1.165, 1.54) is 32.1 Å². The van der Waals surface area contributed by atoms with Gasteiger partial charge in [-0.3, -0.25) is 0 Å². The summed E-state index contributed by atoms with van der Waals surface area (Å²) in [6.07, 6.45) is 1.37. The Morgan fingerprint density at radius 2 is 2.12 bits per heavy atom. The summed E-state index contributed by atoms with van der Waals surface area (Å²) in [5, 5.41) is 1.02. The molecule has 1 aromatic heterocycles. The van der Waals surface area contributed by atoms with Crippen molar-refractivity contribution in [1.82, 2.24) is 9.29 Å². The number of pyridine rings is 1. The van der Waals surface area contributed by atoms with Gasteiger partial charge >= 0.3 is 0 Å². The second-order valence-electron chi connectivity index (χ2n) is 3.70. The van der Waals surface area contributed by atoms with Gasteiger partial charge in [-0.25, -0.2) is 17.7 Å². The molecular weight excluding hydrogens is 280 g/mol. The number of alkyl halides is 1. The predicted octanol–water partition coefficient (Wildman–Crippen LogP) is 2.05. The minimum Gasteiger partial charge on any atom is -0.249 e. The molecule has 0 aromatic carbocycles. The van der Waals surface area contributed by atoms with Gasteiger partial charge in [-0.1, -0.05) is 6.92 Å². The second kappa shape index (κ2) is 6.04. The lowest BCUT2D eigenvalue weighted by molar-refractivity contribution is 0.520. The Morgan fingerprint density at radius 1 is 1.47 bits per heavy atom. The third kappa shape index (κ3) is 3.84. The summed E-state index contributed by atoms with van der Waals surface area (Å²) < 4.78 is 24.7. The van der Waals surface area contributed by atoms with Crippen molar-refractivity contribution in [2.45, 2.75) is 22.1 Å². The molecule has 1 atom stereocenters. The van der Waals surface area contributed by atoms with E-state index in [-0.39, 0.29) is 10.1 Å². The van der Waals surface area contributed by atoms with E-state index < -0.39 is 10.0 Å². The zero-order chi connectivity index (χ0) is 13.1. The molecule has 4 nitrogen and oxygen atoms in total. The average molecular weight is 295 g/mol. The Hall–Kier alpha value is -0.300. The van der Waals surface area contributed by atoms with Crippen LogP contribution in [0.15, 0.2) is 28.3 Å². The van der Waals surface area contributed by atoms with Gasteiger partial charge in [0.05, 0.1) is 5.03 Å². The van der Waals surface area contributed by atoms with Gasteiger partial charge in [0.1, 0.15) is 4.90 Å². The smallest absolute Gasteiger partial charge is 0.244 e. The third-order valence-corrected chi connectivity index (χ3v) is 5.52. The minimum absolute atomic E-state index is 0.199. The van der Waals surface area contributed by atoms with Crippen LogP contribution in [0.4, 0.5) is 0 Å². The molecule has 7 heteroatoms. The highest BCUT2D eigenvalue weighted by atomic mass is 35.5. The highest BCUT2D eigenvalue weighted by Crippen LogP contribution is 2.23. The van der Waals surface area contributed by atoms with E-state index in [1.807, 2.05) is 6.92 Å². The molecule has 1 rings (SSSR count). The Balaban J connectivity index is 2.89. The van der Waals surface area contributed by atoms with Crippen molar-refractivity contribution < 1.29 is 8.42 Å². The van der Waals surface area contributed by atoms with E-state index in [4.69, 9.17) is 11.6 Å². The molecule has 0 N–H and O–H groups in total. The standard InChI is InChI=1S/C10H15ClN2O2S2/c1-8(6-11)16-10-5-4-9(7-12-10)17(14,15)13(2)3/h4-5,7-8H,6H2,1-3H3. The van der Waals surface area contributed by atoms with Crippen molar-refractivity contribution in [3.63, 3.8) is 0 Å². The van der Waals surface area contributed by atoms with Crippen molar-refractivity contribution in [2.24, 2.45) is 0 Å². The molecule has 17 heavy (non-hydrogen) atoms. The van der Waals surface area contributed by atoms with Crippen molar-refractivity contribution in [1.29, 1.82) is 0 Å². The van der Waals surface area contributed by atoms with E-state index in [9.17, 15) is 8.42 Å². The van der Waals surface area contributed by atoms with Gasteiger partial charge in [0.2, 0.25) is 10.0 Å². The maximum absolute atomic E-state index is 11.8. The second-order valence-corrected chi connectivity index (χ2v) is 7.62. The van der Waals surface area contributed by atoms with Crippen LogP contribution in [-0.4, -0.2) is 42.9 Å². The van der Waals surface area contributed by atoms with Crippen LogP contribution in [0.2, 0.25) is 0 Å². The molecule has 0 aliphatic heterocycles. The number of rotatable bonds is 5. The van der Waals surface area contributed by atoms with Crippen LogP contribution >= 0.6 is 23.4 Å². The summed E-state index contributed by atoms with van der Waals surface area (Å²) in [5.74, 6) is 0.532. The van der Waals surface area contributed by atoms with Gasteiger partial charge < -0.3 is 0 Å². The first kappa shape index (κ1) is 14.8. The van der Waals surface area contributed by atoms with E-state index in [1.54, 1.807) is 12.1 Å². The lowest BCUT2D eigenvalue weighted by atomic mass is 10.5. The van der Waals surface area contributed by atoms with E-state index in [0.29, 0.717) is 5.88 Å². The van der Waals surface area contributed by atoms with Gasteiger partial charge in [-0.05, 0) is 12.1 Å². The number of halogens is 1. The summed E-state index contributed by atoms with van der Waals surface area (Å²) in [7, 11) is -0.405. The molecule has 1 heterocycles. The summed E-state index contributed by atoms with van der Waals surface area (Å²) in [4.78, 5) is 4.31. The Labute approximate surface area is 111 Å². The Bertz CT molecular complexity index is 460. The highest BCUT2D eigenvalue weighted by molar-refractivity contribution is 7.99. The van der Waals surface area contributed by atoms with Gasteiger partial charge in [-0.2, -0.15) is 0 Å². The monoisotopic (exact) mass is 294 g/mol. The fourth-order valence-electron chi connectivity index (χ4n) is 1.04. The molecule has 0 bridgehead atoms. The van der Waals surface area contributed by atoms with Crippen molar-refractivity contribution >= 4 is 33.4 Å². The quantitative estimate of drug-likeness (QED) is 0.616. The van der Waals surface area contributed by atoms with Gasteiger partial charge in [0.15, 0.2) is 0 Å². The van der Waals surface area contributed by atoms with E-state index >= 15 is 0 Å². The molecule has 0 fully saturated rings. The van der Waals surface area contributed by atoms with Gasteiger partial charge in [0.25, 0.3) is 0 Å². The predicted molar refractivity (Wildman–Crippen MR) is 71.1 cm³/mol. The fourth-order valence-corrected chi connectivity index (χ4v) is 2.81. The first-order valence-corrected chi connectivity index (χ1v) is 7.84. The summed E-state index contributed by atoms with van der Waals surface area (Å²) >= 11 is 7.22. The topological polar surface area (TPSA) is 50.3 Å². The van der Waals surface area contributed by atoms with Gasteiger partial charge in [-0.15, -0.1) is 23.4 Å². The van der Waals surface area contributed by atoms with Crippen LogP contribution in [0.1, 0.15) is 6.92 Å². The lowest BCUT2D eigenvalue weighted by Crippen LogP contribution is -2.22. The van der Waals surface area contributed by atoms with Crippen LogP contribution in [0.25, 0.3) is 0 Å². The Kier molecular flexibility index (Phi) is 5.24. The molecule has 0 saturated carbocycles. The SMILES string of the molecule is CC(CCl)Sc1ccc(S(=O)(=O)N(C)C)cn1. The first-order valence-electron chi connectivity index (χ1n) is 4.99. The number of hydrogen-bond donors (Lipinski definition) is 0. The van der Waals surface area contributed by atoms with E-state index in [2.05, 4.69) is 4.98 Å². The molecule has 1 aromatic rings. The molecule has 0 aliphatic rings. The minimum atomic E-state index is -3.39. The lowest BCUT2D eigenvalue weighted by Gasteiger charge is -2.11. The van der Waals surface area contributed by atoms with Crippen molar-refractivity contribution in [3.05, 3.63) is 18.3 Å². The largest absolute Gasteiger partial charge is 0.249 e. The van der Waals surface area contributed by atoms with Crippen LogP contribution in [-0.2, 0) is 10.0 Å². The maximum Gasteiger partial charge on any atom is 0.244 e. The highest BCUT2D eigenvalue weighted by Gasteiger charge is 2.17. The van der Waals surface area contributed by atoms with Crippen LogP contribution in [0.3, 0.4) is 0 Å². The zero-order valence-corrected chi connectivity index (χ0v) is 12.3. The number of sulfonamides is 1. The number of aromatic nitrogens is 1. The van der Waals surface area contributed by atoms with Crippen molar-refractivity contribution in [3.8, 4) is 0 Å². The molecule has 1 unspecified atom stereocenters. The fraction of sp³-hybridized carbons (Fsp3) is 0.500. The molecule has 0 saturated heterocycles. The number of hydrogen-bond acceptors (Lipinski definition) is 4. The van der Waals surface area contributed by atoms with Crippen molar-refractivity contribution in [2.75, 3.05) is 20.0 Å². The molecule has 0 amide bonds. The molecule has 0 aliphatic carbocycles. The number of thioether (sulfide) groups is 1. The number of nitrogens with zero attached hydrogens (tertiary/aromatic N) is 2. The summed E-state index contributed by atoms with van der Waals surface area (Å²) in [6.45, 7) is 1.99. The normalized spacial score (nSPS) is 13.9. The third-order valence-electron chi connectivity index (χ3n) is 2.03. The van der Waals surface area contributed by atoms with Crippen LogP contribution in [0, 0.1) is 0 Å². The average Bonchev–Trinajstić information content (AvgIpc) is 2.29. The maximum atomic E-state index is 11.8. The molecule has 96 valence electrons. The molecule has 0 radical (unpaired) electrons. The van der Waals surface area contributed by atoms with Crippen LogP contribution < -0.4 is 0 Å². The zero-order valence-electron chi connectivity index (χ0n) is 9.92. The Morgan fingerprint density at radius 3 is 2.53 bits per heavy atom. The first-order chi connectivity index (χ1) is 7.87. The molecular formula is C10H15ClN2O2S2.